The average Bonchev–Trinajstić information content (AvgIpc) is 3.00. The first kappa shape index (κ1) is 25.1. The summed E-state index contributed by atoms with van der Waals surface area (Å²) in [4.78, 5) is 11.5. The highest BCUT2D eigenvalue weighted by molar-refractivity contribution is 5.69. The predicted octanol–water partition coefficient (Wildman–Crippen LogP) is 4.39. The van der Waals surface area contributed by atoms with Crippen LogP contribution in [0.4, 0.5) is 4.39 Å². The highest BCUT2D eigenvalue weighted by Crippen LogP contribution is 2.37. The van der Waals surface area contributed by atoms with E-state index in [1.807, 2.05) is 44.2 Å². The quantitative estimate of drug-likeness (QED) is 0.377. The van der Waals surface area contributed by atoms with Gasteiger partial charge in [-0.15, -0.1) is 0 Å². The van der Waals surface area contributed by atoms with E-state index in [1.54, 1.807) is 18.2 Å². The van der Waals surface area contributed by atoms with E-state index in [0.29, 0.717) is 37.9 Å². The molecule has 0 aromatic heterocycles. The number of rotatable bonds is 12. The van der Waals surface area contributed by atoms with Gasteiger partial charge in [-0.3, -0.25) is 4.79 Å². The molecular weight excluding hydrogens is 399 g/mol. The van der Waals surface area contributed by atoms with Gasteiger partial charge in [0, 0.05) is 18.8 Å². The van der Waals surface area contributed by atoms with Crippen LogP contribution in [0.5, 0.6) is 5.75 Å². The molecule has 1 fully saturated rings. The van der Waals surface area contributed by atoms with E-state index in [-0.39, 0.29) is 30.5 Å². The molecule has 5 atom stereocenters. The molecule has 2 rings (SSSR count). The van der Waals surface area contributed by atoms with Crippen molar-refractivity contribution in [2.75, 3.05) is 6.61 Å². The van der Waals surface area contributed by atoms with E-state index in [2.05, 4.69) is 0 Å². The molecule has 0 spiro atoms. The predicted molar refractivity (Wildman–Crippen MR) is 118 cm³/mol. The first-order chi connectivity index (χ1) is 14.9. The van der Waals surface area contributed by atoms with Gasteiger partial charge in [0.1, 0.15) is 12.4 Å². The van der Waals surface area contributed by atoms with E-state index in [4.69, 9.17) is 9.47 Å². The maximum absolute atomic E-state index is 14.2. The average molecular weight is 435 g/mol. The molecule has 6 heteroatoms. The molecule has 0 radical (unpaired) electrons. The Labute approximate surface area is 184 Å². The van der Waals surface area contributed by atoms with E-state index < -0.39 is 18.4 Å². The molecule has 0 amide bonds. The van der Waals surface area contributed by atoms with Crippen LogP contribution in [0, 0.1) is 11.8 Å². The number of carbonyl (C=O) groups excluding carboxylic acids is 1. The minimum Gasteiger partial charge on any atom is -0.490 e. The largest absolute Gasteiger partial charge is 0.490 e. The van der Waals surface area contributed by atoms with Crippen molar-refractivity contribution < 1.29 is 28.9 Å². The van der Waals surface area contributed by atoms with Crippen LogP contribution in [-0.4, -0.2) is 47.3 Å². The Bertz CT molecular complexity index is 703. The van der Waals surface area contributed by atoms with E-state index >= 15 is 0 Å². The second kappa shape index (κ2) is 13.3. The Morgan fingerprint density at radius 3 is 2.58 bits per heavy atom. The molecule has 1 aliphatic carbocycles. The third kappa shape index (κ3) is 9.23. The fourth-order valence-corrected chi connectivity index (χ4v) is 3.82. The lowest BCUT2D eigenvalue weighted by Crippen LogP contribution is -2.21. The standard InChI is InChI=1S/C25H35FO5/c1-18(2)31-25(29)13-9-4-3-8-12-21-22(24(28)16-23(21)27)15-14-19(26)17-30-20-10-6-5-7-11-20/h3-7,10-11,14-15,18-19,21-24,27-28H,8-9,12-13,16-17H2,1-2H3/b4-3-,15-14+/t19-,21+,22+,23-,24+/m0/s1. The molecule has 5 nitrogen and oxygen atoms in total. The normalized spacial score (nSPS) is 24.8. The number of hydrogen-bond donors (Lipinski definition) is 2. The molecule has 0 saturated heterocycles. The number of aliphatic hydroxyl groups is 2. The minimum atomic E-state index is -1.30. The molecule has 0 aliphatic heterocycles. The number of para-hydroxylation sites is 1. The van der Waals surface area contributed by atoms with Crippen molar-refractivity contribution in [1.82, 2.24) is 0 Å². The lowest BCUT2D eigenvalue weighted by atomic mass is 9.88. The van der Waals surface area contributed by atoms with Crippen molar-refractivity contribution in [2.24, 2.45) is 11.8 Å². The third-order valence-corrected chi connectivity index (χ3v) is 5.33. The molecule has 1 aromatic rings. The van der Waals surface area contributed by atoms with Crippen LogP contribution in [0.15, 0.2) is 54.6 Å². The molecule has 1 aliphatic rings. The van der Waals surface area contributed by atoms with Gasteiger partial charge >= 0.3 is 5.97 Å². The smallest absolute Gasteiger partial charge is 0.306 e. The second-order valence-electron chi connectivity index (χ2n) is 8.26. The highest BCUT2D eigenvalue weighted by atomic mass is 19.1. The van der Waals surface area contributed by atoms with Crippen molar-refractivity contribution in [3.05, 3.63) is 54.6 Å². The van der Waals surface area contributed by atoms with Gasteiger partial charge in [-0.05, 0) is 51.2 Å². The zero-order chi connectivity index (χ0) is 22.6. The topological polar surface area (TPSA) is 76.0 Å². The number of esters is 1. The molecule has 1 saturated carbocycles. The zero-order valence-corrected chi connectivity index (χ0v) is 18.4. The first-order valence-electron chi connectivity index (χ1n) is 11.1. The Kier molecular flexibility index (Phi) is 10.7. The molecule has 0 unspecified atom stereocenters. The molecule has 0 heterocycles. The molecular formula is C25H35FO5. The first-order valence-corrected chi connectivity index (χ1v) is 11.1. The van der Waals surface area contributed by atoms with Gasteiger partial charge in [-0.25, -0.2) is 4.39 Å². The number of carbonyl (C=O) groups is 1. The fourth-order valence-electron chi connectivity index (χ4n) is 3.82. The summed E-state index contributed by atoms with van der Waals surface area (Å²) in [5, 5.41) is 20.6. The summed E-state index contributed by atoms with van der Waals surface area (Å²) in [6.45, 7) is 3.54. The van der Waals surface area contributed by atoms with Crippen LogP contribution in [0.3, 0.4) is 0 Å². The van der Waals surface area contributed by atoms with Gasteiger partial charge in [0.05, 0.1) is 18.3 Å². The monoisotopic (exact) mass is 434 g/mol. The van der Waals surface area contributed by atoms with E-state index in [9.17, 15) is 19.4 Å². The molecule has 31 heavy (non-hydrogen) atoms. The highest BCUT2D eigenvalue weighted by Gasteiger charge is 2.39. The van der Waals surface area contributed by atoms with Crippen molar-refractivity contribution in [2.45, 2.75) is 70.4 Å². The number of halogens is 1. The SMILES string of the molecule is CC(C)OC(=O)CC/C=C\CC[C@@H]1[C@@H](/C=C/[C@H](F)COc2ccccc2)[C@H](O)C[C@@H]1O. The fraction of sp³-hybridized carbons (Fsp3) is 0.560. The van der Waals surface area contributed by atoms with E-state index in [0.717, 1.165) is 0 Å². The third-order valence-electron chi connectivity index (χ3n) is 5.33. The summed E-state index contributed by atoms with van der Waals surface area (Å²) in [6.07, 6.45) is 6.94. The van der Waals surface area contributed by atoms with Crippen LogP contribution >= 0.6 is 0 Å². The van der Waals surface area contributed by atoms with Crippen LogP contribution in [0.2, 0.25) is 0 Å². The molecule has 172 valence electrons. The van der Waals surface area contributed by atoms with Crippen LogP contribution in [-0.2, 0) is 9.53 Å². The van der Waals surface area contributed by atoms with Crippen LogP contribution in [0.1, 0.15) is 46.0 Å². The van der Waals surface area contributed by atoms with Crippen molar-refractivity contribution >= 4 is 5.97 Å². The van der Waals surface area contributed by atoms with Crippen molar-refractivity contribution in [3.8, 4) is 5.75 Å². The van der Waals surface area contributed by atoms with Gasteiger partial charge in [-0.2, -0.15) is 0 Å². The van der Waals surface area contributed by atoms with Gasteiger partial charge in [0.15, 0.2) is 6.17 Å². The maximum Gasteiger partial charge on any atom is 0.306 e. The Morgan fingerprint density at radius 1 is 1.16 bits per heavy atom. The number of allylic oxidation sites excluding steroid dienone is 2. The van der Waals surface area contributed by atoms with Gasteiger partial charge in [0.2, 0.25) is 0 Å². The van der Waals surface area contributed by atoms with Gasteiger partial charge in [-0.1, -0.05) is 42.5 Å². The van der Waals surface area contributed by atoms with Gasteiger partial charge in [0.25, 0.3) is 0 Å². The van der Waals surface area contributed by atoms with E-state index in [1.165, 1.54) is 6.08 Å². The molecule has 1 aromatic carbocycles. The summed E-state index contributed by atoms with van der Waals surface area (Å²) in [5.41, 5.74) is 0. The van der Waals surface area contributed by atoms with Gasteiger partial charge < -0.3 is 19.7 Å². The Balaban J connectivity index is 1.76. The minimum absolute atomic E-state index is 0.0987. The van der Waals surface area contributed by atoms with Crippen molar-refractivity contribution in [3.63, 3.8) is 0 Å². The number of hydrogen-bond acceptors (Lipinski definition) is 5. The van der Waals surface area contributed by atoms with Crippen molar-refractivity contribution in [1.29, 1.82) is 0 Å². The maximum atomic E-state index is 14.2. The number of benzene rings is 1. The van der Waals surface area contributed by atoms with Crippen LogP contribution in [0.25, 0.3) is 0 Å². The second-order valence-corrected chi connectivity index (χ2v) is 8.26. The zero-order valence-electron chi connectivity index (χ0n) is 18.4. The molecule has 2 N–H and O–H groups in total. The van der Waals surface area contributed by atoms with Crippen LogP contribution < -0.4 is 4.74 Å². The Morgan fingerprint density at radius 2 is 1.87 bits per heavy atom. The lowest BCUT2D eigenvalue weighted by Gasteiger charge is -2.20. The Hall–Kier alpha value is -2.18. The summed E-state index contributed by atoms with van der Waals surface area (Å²) in [5.74, 6) is -0.0309. The summed E-state index contributed by atoms with van der Waals surface area (Å²) in [7, 11) is 0. The summed E-state index contributed by atoms with van der Waals surface area (Å²) < 4.78 is 24.7. The lowest BCUT2D eigenvalue weighted by molar-refractivity contribution is -0.147. The number of alkyl halides is 1. The number of aliphatic hydroxyl groups excluding tert-OH is 2. The number of ether oxygens (including phenoxy) is 2. The molecule has 0 bridgehead atoms. The summed E-state index contributed by atoms with van der Waals surface area (Å²) >= 11 is 0. The summed E-state index contributed by atoms with van der Waals surface area (Å²) in [6, 6.07) is 9.05.